The molecule has 0 aliphatic heterocycles. The maximum absolute atomic E-state index is 12.9. The number of rotatable bonds is 4. The summed E-state index contributed by atoms with van der Waals surface area (Å²) >= 11 is 0. The third-order valence-electron chi connectivity index (χ3n) is 5.03. The van der Waals surface area contributed by atoms with Crippen molar-refractivity contribution >= 4 is 11.8 Å². The Balaban J connectivity index is 1.71. The van der Waals surface area contributed by atoms with E-state index in [2.05, 4.69) is 5.10 Å². The molecule has 1 saturated carbocycles. The summed E-state index contributed by atoms with van der Waals surface area (Å²) in [5.74, 6) is -0.495. The fourth-order valence-corrected chi connectivity index (χ4v) is 3.43. The molecule has 0 radical (unpaired) electrons. The second-order valence-corrected chi connectivity index (χ2v) is 7.14. The Hall–Kier alpha value is -3.21. The number of aryl methyl sites for hydroxylation is 1. The van der Waals surface area contributed by atoms with Gasteiger partial charge in [-0.1, -0.05) is 48.0 Å². The summed E-state index contributed by atoms with van der Waals surface area (Å²) in [6, 6.07) is 17.5. The summed E-state index contributed by atoms with van der Waals surface area (Å²) in [4.78, 5) is 25.0. The van der Waals surface area contributed by atoms with Crippen LogP contribution in [0.25, 0.3) is 16.9 Å². The standard InChI is InChI=1S/C23H22N2O3/c1-16-11-13-17(14-12-16)22-19(15-25(24-22)18-7-3-2-4-8-18)23(27)28-21-10-6-5-9-20(21)26/h2-4,7-8,11-15,21H,5-6,9-10H2,1H3/t21-/m0/s1. The molecule has 1 aromatic heterocycles. The van der Waals surface area contributed by atoms with Crippen LogP contribution in [0.1, 0.15) is 41.6 Å². The largest absolute Gasteiger partial charge is 0.451 e. The molecule has 5 heteroatoms. The second kappa shape index (κ2) is 7.80. The topological polar surface area (TPSA) is 61.2 Å². The van der Waals surface area contributed by atoms with Gasteiger partial charge in [0, 0.05) is 18.2 Å². The normalized spacial score (nSPS) is 16.8. The van der Waals surface area contributed by atoms with Crippen LogP contribution in [-0.4, -0.2) is 27.6 Å². The third-order valence-corrected chi connectivity index (χ3v) is 5.03. The van der Waals surface area contributed by atoms with E-state index < -0.39 is 12.1 Å². The third kappa shape index (κ3) is 3.74. The minimum absolute atomic E-state index is 0.00642. The van der Waals surface area contributed by atoms with Crippen LogP contribution in [0.3, 0.4) is 0 Å². The predicted molar refractivity (Wildman–Crippen MR) is 106 cm³/mol. The molecule has 1 heterocycles. The number of benzene rings is 2. The minimum Gasteiger partial charge on any atom is -0.451 e. The van der Waals surface area contributed by atoms with E-state index in [0.717, 1.165) is 29.7 Å². The fourth-order valence-electron chi connectivity index (χ4n) is 3.43. The highest BCUT2D eigenvalue weighted by Crippen LogP contribution is 2.26. The number of carbonyl (C=O) groups excluding carboxylic acids is 2. The number of nitrogens with zero attached hydrogens (tertiary/aromatic N) is 2. The van der Waals surface area contributed by atoms with Gasteiger partial charge in [-0.05, 0) is 38.3 Å². The van der Waals surface area contributed by atoms with Gasteiger partial charge in [0.05, 0.1) is 5.69 Å². The first-order valence-corrected chi connectivity index (χ1v) is 9.57. The van der Waals surface area contributed by atoms with Gasteiger partial charge < -0.3 is 4.74 Å². The molecule has 1 atom stereocenters. The maximum atomic E-state index is 12.9. The zero-order valence-corrected chi connectivity index (χ0v) is 15.8. The summed E-state index contributed by atoms with van der Waals surface area (Å²) in [6.07, 6.45) is 3.88. The monoisotopic (exact) mass is 374 g/mol. The van der Waals surface area contributed by atoms with Crippen molar-refractivity contribution in [2.24, 2.45) is 0 Å². The molecule has 1 aliphatic carbocycles. The van der Waals surface area contributed by atoms with E-state index in [9.17, 15) is 9.59 Å². The van der Waals surface area contributed by atoms with E-state index in [1.54, 1.807) is 10.9 Å². The molecule has 2 aromatic carbocycles. The van der Waals surface area contributed by atoms with E-state index in [1.807, 2.05) is 61.5 Å². The number of aromatic nitrogens is 2. The number of carbonyl (C=O) groups is 2. The maximum Gasteiger partial charge on any atom is 0.342 e. The highest BCUT2D eigenvalue weighted by Gasteiger charge is 2.28. The molecule has 0 unspecified atom stereocenters. The van der Waals surface area contributed by atoms with Crippen LogP contribution in [0, 0.1) is 6.92 Å². The fraction of sp³-hybridized carbons (Fsp3) is 0.261. The van der Waals surface area contributed by atoms with Gasteiger partial charge in [-0.3, -0.25) is 4.79 Å². The zero-order valence-electron chi connectivity index (χ0n) is 15.8. The second-order valence-electron chi connectivity index (χ2n) is 7.14. The summed E-state index contributed by atoms with van der Waals surface area (Å²) in [5, 5.41) is 4.64. The van der Waals surface area contributed by atoms with Crippen LogP contribution in [0.2, 0.25) is 0 Å². The first-order chi connectivity index (χ1) is 13.6. The molecule has 4 rings (SSSR count). The molecule has 5 nitrogen and oxygen atoms in total. The SMILES string of the molecule is Cc1ccc(-c2nn(-c3ccccc3)cc2C(=O)O[C@H]2CCCCC2=O)cc1. The molecule has 3 aromatic rings. The lowest BCUT2D eigenvalue weighted by molar-refractivity contribution is -0.129. The van der Waals surface area contributed by atoms with Crippen molar-refractivity contribution in [2.45, 2.75) is 38.7 Å². The average molecular weight is 374 g/mol. The van der Waals surface area contributed by atoms with Crippen molar-refractivity contribution < 1.29 is 14.3 Å². The number of esters is 1. The van der Waals surface area contributed by atoms with Crippen LogP contribution in [-0.2, 0) is 9.53 Å². The van der Waals surface area contributed by atoms with Crippen molar-refractivity contribution in [3.05, 3.63) is 71.9 Å². The molecule has 0 N–H and O–H groups in total. The van der Waals surface area contributed by atoms with E-state index in [1.165, 1.54) is 0 Å². The summed E-state index contributed by atoms with van der Waals surface area (Å²) in [7, 11) is 0. The molecular weight excluding hydrogens is 352 g/mol. The molecular formula is C23H22N2O3. The van der Waals surface area contributed by atoms with Gasteiger partial charge in [0.1, 0.15) is 11.3 Å². The van der Waals surface area contributed by atoms with Crippen LogP contribution < -0.4 is 0 Å². The summed E-state index contributed by atoms with van der Waals surface area (Å²) in [5.41, 5.74) is 3.73. The lowest BCUT2D eigenvalue weighted by Gasteiger charge is -2.20. The molecule has 0 bridgehead atoms. The van der Waals surface area contributed by atoms with E-state index in [0.29, 0.717) is 24.1 Å². The van der Waals surface area contributed by atoms with E-state index >= 15 is 0 Å². The Morgan fingerprint density at radius 3 is 2.54 bits per heavy atom. The van der Waals surface area contributed by atoms with Crippen LogP contribution in [0.15, 0.2) is 60.8 Å². The zero-order chi connectivity index (χ0) is 19.5. The number of ether oxygens (including phenoxy) is 1. The number of Topliss-reactive ketones (excluding diaryl/α,β-unsaturated/α-hetero) is 1. The lowest BCUT2D eigenvalue weighted by Crippen LogP contribution is -2.30. The van der Waals surface area contributed by atoms with Gasteiger partial charge >= 0.3 is 5.97 Å². The number of hydrogen-bond donors (Lipinski definition) is 0. The van der Waals surface area contributed by atoms with Crippen molar-refractivity contribution in [3.8, 4) is 16.9 Å². The smallest absolute Gasteiger partial charge is 0.342 e. The van der Waals surface area contributed by atoms with Crippen molar-refractivity contribution in [1.82, 2.24) is 9.78 Å². The number of ketones is 1. The Bertz CT molecular complexity index is 990. The summed E-state index contributed by atoms with van der Waals surface area (Å²) in [6.45, 7) is 2.01. The van der Waals surface area contributed by atoms with Crippen molar-refractivity contribution in [1.29, 1.82) is 0 Å². The average Bonchev–Trinajstić information content (AvgIpc) is 3.16. The molecule has 1 aliphatic rings. The Labute approximate surface area is 164 Å². The lowest BCUT2D eigenvalue weighted by atomic mass is 9.96. The number of para-hydroxylation sites is 1. The Morgan fingerprint density at radius 2 is 1.82 bits per heavy atom. The van der Waals surface area contributed by atoms with Gasteiger partial charge in [0.2, 0.25) is 0 Å². The Morgan fingerprint density at radius 1 is 1.07 bits per heavy atom. The van der Waals surface area contributed by atoms with Crippen molar-refractivity contribution in [2.75, 3.05) is 0 Å². The molecule has 0 spiro atoms. The molecule has 0 amide bonds. The highest BCUT2D eigenvalue weighted by molar-refractivity contribution is 5.98. The van der Waals surface area contributed by atoms with Crippen LogP contribution in [0.4, 0.5) is 0 Å². The Kier molecular flexibility index (Phi) is 5.06. The molecule has 0 saturated heterocycles. The molecule has 28 heavy (non-hydrogen) atoms. The van der Waals surface area contributed by atoms with Gasteiger partial charge in [-0.2, -0.15) is 5.10 Å². The first-order valence-electron chi connectivity index (χ1n) is 9.57. The van der Waals surface area contributed by atoms with Gasteiger partial charge in [0.25, 0.3) is 0 Å². The predicted octanol–water partition coefficient (Wildman–Crippen LogP) is 4.52. The summed E-state index contributed by atoms with van der Waals surface area (Å²) < 4.78 is 7.26. The van der Waals surface area contributed by atoms with Gasteiger partial charge in [-0.25, -0.2) is 9.48 Å². The molecule has 1 fully saturated rings. The first kappa shape index (κ1) is 18.2. The highest BCUT2D eigenvalue weighted by atomic mass is 16.5. The van der Waals surface area contributed by atoms with E-state index in [-0.39, 0.29) is 5.78 Å². The van der Waals surface area contributed by atoms with Crippen LogP contribution >= 0.6 is 0 Å². The van der Waals surface area contributed by atoms with Gasteiger partial charge in [-0.15, -0.1) is 0 Å². The van der Waals surface area contributed by atoms with E-state index in [4.69, 9.17) is 4.74 Å². The minimum atomic E-state index is -0.646. The molecule has 142 valence electrons. The quantitative estimate of drug-likeness (QED) is 0.630. The van der Waals surface area contributed by atoms with Crippen molar-refractivity contribution in [3.63, 3.8) is 0 Å². The van der Waals surface area contributed by atoms with Crippen LogP contribution in [0.5, 0.6) is 0 Å². The van der Waals surface area contributed by atoms with Gasteiger partial charge in [0.15, 0.2) is 11.9 Å². The number of hydrogen-bond acceptors (Lipinski definition) is 4.